The molecule has 0 amide bonds. The molecule has 1 unspecified atom stereocenters. The van der Waals surface area contributed by atoms with Gasteiger partial charge in [0.2, 0.25) is 5.95 Å². The van der Waals surface area contributed by atoms with Gasteiger partial charge in [-0.3, -0.25) is 0 Å². The SMILES string of the molecule is CCC(C)OC(=O)c1cnc(Nc2cc(N)c(N(C)CCN(C)C)cc2OC)nc1-c1c[nH]c2ccccc12. The highest BCUT2D eigenvalue weighted by atomic mass is 16.5. The number of nitrogens with zero attached hydrogens (tertiary/aromatic N) is 4. The minimum absolute atomic E-state index is 0.229. The van der Waals surface area contributed by atoms with E-state index in [4.69, 9.17) is 20.2 Å². The zero-order valence-corrected chi connectivity index (χ0v) is 23.4. The summed E-state index contributed by atoms with van der Waals surface area (Å²) in [4.78, 5) is 29.8. The highest BCUT2D eigenvalue weighted by Gasteiger charge is 2.22. The van der Waals surface area contributed by atoms with Crippen molar-refractivity contribution < 1.29 is 14.3 Å². The molecule has 0 spiro atoms. The number of hydrogen-bond donors (Lipinski definition) is 3. The molecule has 0 aliphatic rings. The van der Waals surface area contributed by atoms with Gasteiger partial charge in [0.1, 0.15) is 11.3 Å². The maximum absolute atomic E-state index is 13.1. The van der Waals surface area contributed by atoms with Crippen LogP contribution in [0.25, 0.3) is 22.2 Å². The van der Waals surface area contributed by atoms with E-state index in [0.717, 1.165) is 35.2 Å². The van der Waals surface area contributed by atoms with Crippen molar-refractivity contribution in [1.82, 2.24) is 19.9 Å². The van der Waals surface area contributed by atoms with Gasteiger partial charge in [0.15, 0.2) is 0 Å². The van der Waals surface area contributed by atoms with Crippen LogP contribution < -0.4 is 20.7 Å². The minimum atomic E-state index is -0.469. The molecular formula is C29H37N7O3. The van der Waals surface area contributed by atoms with Gasteiger partial charge < -0.3 is 35.3 Å². The molecule has 206 valence electrons. The Balaban J connectivity index is 1.73. The number of anilines is 4. The van der Waals surface area contributed by atoms with E-state index in [1.807, 2.05) is 71.5 Å². The van der Waals surface area contributed by atoms with Crippen molar-refractivity contribution >= 4 is 39.9 Å². The number of aromatic nitrogens is 3. The van der Waals surface area contributed by atoms with Gasteiger partial charge >= 0.3 is 5.97 Å². The second-order valence-electron chi connectivity index (χ2n) is 9.79. The fraction of sp³-hybridized carbons (Fsp3) is 0.345. The van der Waals surface area contributed by atoms with Crippen molar-refractivity contribution in [3.8, 4) is 17.0 Å². The first-order valence-electron chi connectivity index (χ1n) is 13.0. The van der Waals surface area contributed by atoms with E-state index in [9.17, 15) is 4.79 Å². The van der Waals surface area contributed by atoms with Crippen LogP contribution in [0.3, 0.4) is 0 Å². The van der Waals surface area contributed by atoms with Gasteiger partial charge in [-0.1, -0.05) is 25.1 Å². The number of para-hydroxylation sites is 1. The summed E-state index contributed by atoms with van der Waals surface area (Å²) in [6.45, 7) is 5.51. The largest absolute Gasteiger partial charge is 0.494 e. The first-order valence-corrected chi connectivity index (χ1v) is 13.0. The Morgan fingerprint density at radius 1 is 1.18 bits per heavy atom. The van der Waals surface area contributed by atoms with Crippen LogP contribution in [0.4, 0.5) is 23.0 Å². The lowest BCUT2D eigenvalue weighted by Crippen LogP contribution is -2.29. The summed E-state index contributed by atoms with van der Waals surface area (Å²) in [7, 11) is 7.66. The summed E-state index contributed by atoms with van der Waals surface area (Å²) in [5.41, 5.74) is 11.0. The topological polar surface area (TPSA) is 122 Å². The fourth-order valence-electron chi connectivity index (χ4n) is 4.17. The van der Waals surface area contributed by atoms with Gasteiger partial charge in [-0.05, 0) is 39.6 Å². The van der Waals surface area contributed by atoms with Crippen LogP contribution >= 0.6 is 0 Å². The van der Waals surface area contributed by atoms with Crippen molar-refractivity contribution in [2.24, 2.45) is 0 Å². The molecule has 2 aromatic carbocycles. The number of benzene rings is 2. The molecule has 0 bridgehead atoms. The summed E-state index contributed by atoms with van der Waals surface area (Å²) >= 11 is 0. The maximum Gasteiger partial charge on any atom is 0.342 e. The van der Waals surface area contributed by atoms with Gasteiger partial charge in [-0.15, -0.1) is 0 Å². The van der Waals surface area contributed by atoms with Gasteiger partial charge in [0.25, 0.3) is 0 Å². The molecule has 4 N–H and O–H groups in total. The van der Waals surface area contributed by atoms with Crippen molar-refractivity contribution in [1.29, 1.82) is 0 Å². The van der Waals surface area contributed by atoms with E-state index in [0.29, 0.717) is 35.2 Å². The third kappa shape index (κ3) is 6.23. The van der Waals surface area contributed by atoms with Crippen LogP contribution in [0.15, 0.2) is 48.8 Å². The Hall–Kier alpha value is -4.31. The lowest BCUT2D eigenvalue weighted by atomic mass is 10.1. The number of esters is 1. The molecule has 4 aromatic rings. The number of hydrogen-bond acceptors (Lipinski definition) is 9. The minimum Gasteiger partial charge on any atom is -0.494 e. The maximum atomic E-state index is 13.1. The molecule has 2 aromatic heterocycles. The number of fused-ring (bicyclic) bond motifs is 1. The summed E-state index contributed by atoms with van der Waals surface area (Å²) < 4.78 is 11.3. The number of methoxy groups -OCH3 is 1. The van der Waals surface area contributed by atoms with Gasteiger partial charge in [-0.2, -0.15) is 0 Å². The molecule has 0 saturated carbocycles. The summed E-state index contributed by atoms with van der Waals surface area (Å²) in [5, 5.41) is 4.17. The van der Waals surface area contributed by atoms with Crippen LogP contribution in [-0.2, 0) is 4.74 Å². The number of nitrogen functional groups attached to an aromatic ring is 1. The van der Waals surface area contributed by atoms with Crippen LogP contribution in [0.2, 0.25) is 0 Å². The van der Waals surface area contributed by atoms with E-state index in [2.05, 4.69) is 25.1 Å². The average molecular weight is 532 g/mol. The Bertz CT molecular complexity index is 1450. The molecular weight excluding hydrogens is 494 g/mol. The summed E-state index contributed by atoms with van der Waals surface area (Å²) in [6, 6.07) is 11.6. The molecule has 0 saturated heterocycles. The molecule has 10 nitrogen and oxygen atoms in total. The van der Waals surface area contributed by atoms with E-state index >= 15 is 0 Å². The quantitative estimate of drug-likeness (QED) is 0.183. The third-order valence-corrected chi connectivity index (χ3v) is 6.63. The van der Waals surface area contributed by atoms with E-state index in [-0.39, 0.29) is 11.7 Å². The zero-order chi connectivity index (χ0) is 28.1. The second kappa shape index (κ2) is 12.0. The number of H-pyrrole nitrogens is 1. The standard InChI is InChI=1S/C29H37N7O3/c1-7-18(2)39-28(37)21-17-32-29(34-27(21)20-16-31-23-11-9-8-10-19(20)23)33-24-14-22(30)25(15-26(24)38-6)36(5)13-12-35(3)4/h8-11,14-18,31H,7,12-13,30H2,1-6H3,(H,32,33,34). The lowest BCUT2D eigenvalue weighted by Gasteiger charge is -2.24. The monoisotopic (exact) mass is 531 g/mol. The number of likely N-dealkylation sites (N-methyl/N-ethyl adjacent to an activating group) is 2. The van der Waals surface area contributed by atoms with Crippen molar-refractivity contribution in [2.45, 2.75) is 26.4 Å². The van der Waals surface area contributed by atoms with Crippen molar-refractivity contribution in [2.75, 3.05) is 57.3 Å². The van der Waals surface area contributed by atoms with Crippen LogP contribution in [0, 0.1) is 0 Å². The number of carbonyl (C=O) groups is 1. The molecule has 1 atom stereocenters. The van der Waals surface area contributed by atoms with Gasteiger partial charge in [0, 0.05) is 55.1 Å². The number of rotatable bonds is 11. The van der Waals surface area contributed by atoms with E-state index in [1.165, 1.54) is 6.20 Å². The normalized spacial score (nSPS) is 12.0. The van der Waals surface area contributed by atoms with E-state index < -0.39 is 5.97 Å². The number of nitrogens with one attached hydrogen (secondary N) is 2. The third-order valence-electron chi connectivity index (χ3n) is 6.63. The Morgan fingerprint density at radius 2 is 1.95 bits per heavy atom. The molecule has 0 radical (unpaired) electrons. The number of aromatic amines is 1. The number of ether oxygens (including phenoxy) is 2. The Morgan fingerprint density at radius 3 is 2.67 bits per heavy atom. The first-order chi connectivity index (χ1) is 18.7. The zero-order valence-electron chi connectivity index (χ0n) is 23.4. The van der Waals surface area contributed by atoms with Crippen LogP contribution in [0.1, 0.15) is 30.6 Å². The molecule has 39 heavy (non-hydrogen) atoms. The summed E-state index contributed by atoms with van der Waals surface area (Å²) in [6.07, 6.45) is 3.81. The number of nitrogens with two attached hydrogens (primary N) is 1. The smallest absolute Gasteiger partial charge is 0.342 e. The molecule has 0 aliphatic carbocycles. The predicted octanol–water partition coefficient (Wildman–Crippen LogP) is 4.91. The fourth-order valence-corrected chi connectivity index (χ4v) is 4.17. The Labute approximate surface area is 229 Å². The first kappa shape index (κ1) is 27.7. The highest BCUT2D eigenvalue weighted by Crippen LogP contribution is 2.37. The van der Waals surface area contributed by atoms with E-state index in [1.54, 1.807) is 13.2 Å². The molecule has 2 heterocycles. The lowest BCUT2D eigenvalue weighted by molar-refractivity contribution is 0.0334. The van der Waals surface area contributed by atoms with Crippen molar-refractivity contribution in [3.05, 3.63) is 54.4 Å². The van der Waals surface area contributed by atoms with Crippen molar-refractivity contribution in [3.63, 3.8) is 0 Å². The molecule has 0 fully saturated rings. The highest BCUT2D eigenvalue weighted by molar-refractivity contribution is 6.02. The molecule has 10 heteroatoms. The van der Waals surface area contributed by atoms with Crippen LogP contribution in [0.5, 0.6) is 5.75 Å². The van der Waals surface area contributed by atoms with Crippen LogP contribution in [-0.4, -0.2) is 73.3 Å². The number of carbonyl (C=O) groups excluding carboxylic acids is 1. The van der Waals surface area contributed by atoms with Gasteiger partial charge in [-0.25, -0.2) is 14.8 Å². The summed E-state index contributed by atoms with van der Waals surface area (Å²) in [5.74, 6) is 0.415. The Kier molecular flexibility index (Phi) is 8.55. The molecule has 4 rings (SSSR count). The second-order valence-corrected chi connectivity index (χ2v) is 9.79. The van der Waals surface area contributed by atoms with Gasteiger partial charge in [0.05, 0.1) is 36.0 Å². The average Bonchev–Trinajstić information content (AvgIpc) is 3.35. The molecule has 0 aliphatic heterocycles. The predicted molar refractivity (Wildman–Crippen MR) is 157 cm³/mol.